The third kappa shape index (κ3) is 7.24. The minimum absolute atomic E-state index is 0.0662. The van der Waals surface area contributed by atoms with Crippen LogP contribution in [0.3, 0.4) is 0 Å². The van der Waals surface area contributed by atoms with E-state index in [0.717, 1.165) is 0 Å². The van der Waals surface area contributed by atoms with E-state index in [0.29, 0.717) is 11.2 Å². The third-order valence-electron chi connectivity index (χ3n) is 5.69. The predicted molar refractivity (Wildman–Crippen MR) is 143 cm³/mol. The van der Waals surface area contributed by atoms with Gasteiger partial charge in [-0.3, -0.25) is 13.9 Å². The molecule has 0 amide bonds. The van der Waals surface area contributed by atoms with E-state index >= 15 is 0 Å². The molecule has 4 rings (SSSR count). The Kier molecular flexibility index (Phi) is 8.79. The fraction of sp³-hybridized carbons (Fsp3) is 0.500. The van der Waals surface area contributed by atoms with Gasteiger partial charge in [-0.1, -0.05) is 39.0 Å². The fourth-order valence-electron chi connectivity index (χ4n) is 3.85. The number of nitrogen functional groups attached to an aromatic ring is 1. The lowest BCUT2D eigenvalue weighted by Crippen LogP contribution is -2.38. The quantitative estimate of drug-likeness (QED) is 0.181. The van der Waals surface area contributed by atoms with Crippen LogP contribution in [0.15, 0.2) is 36.7 Å². The molecule has 0 bridgehead atoms. The summed E-state index contributed by atoms with van der Waals surface area (Å²) in [7, 11) is -4.22. The topological polar surface area (TPSA) is 173 Å². The molecule has 0 aliphatic carbocycles. The number of aromatic nitrogens is 4. The average molecular weight is 583 g/mol. The number of carbonyl (C=O) groups excluding carboxylic acids is 1. The molecule has 15 heteroatoms. The summed E-state index contributed by atoms with van der Waals surface area (Å²) in [5, 5.41) is 12.6. The molecular formula is C24H32ClN6O7P. The molecule has 5 atom stereocenters. The summed E-state index contributed by atoms with van der Waals surface area (Å²) in [6.07, 6.45) is -0.933. The molecule has 1 fully saturated rings. The summed E-state index contributed by atoms with van der Waals surface area (Å²) in [6.45, 7) is 7.00. The second kappa shape index (κ2) is 11.7. The summed E-state index contributed by atoms with van der Waals surface area (Å²) < 4.78 is 38.7. The number of nitrogens with zero attached hydrogens (tertiary/aromatic N) is 4. The van der Waals surface area contributed by atoms with Crippen LogP contribution < -0.4 is 15.3 Å². The molecule has 3 heterocycles. The number of carbonyl (C=O) groups is 1. The molecular weight excluding hydrogens is 551 g/mol. The van der Waals surface area contributed by atoms with E-state index in [1.807, 2.05) is 20.8 Å². The van der Waals surface area contributed by atoms with Crippen molar-refractivity contribution in [3.63, 3.8) is 0 Å². The number of anilines is 1. The molecule has 39 heavy (non-hydrogen) atoms. The molecule has 212 valence electrons. The molecule has 0 spiro atoms. The van der Waals surface area contributed by atoms with Gasteiger partial charge in [0.1, 0.15) is 35.7 Å². The van der Waals surface area contributed by atoms with Gasteiger partial charge in [-0.05, 0) is 36.1 Å². The van der Waals surface area contributed by atoms with Crippen LogP contribution in [-0.2, 0) is 23.4 Å². The molecule has 1 aliphatic rings. The van der Waals surface area contributed by atoms with Crippen molar-refractivity contribution in [2.24, 2.45) is 5.41 Å². The van der Waals surface area contributed by atoms with Crippen molar-refractivity contribution in [3.05, 3.63) is 41.9 Å². The van der Waals surface area contributed by atoms with Gasteiger partial charge >= 0.3 is 13.7 Å². The number of aliphatic hydroxyl groups excluding tert-OH is 1. The van der Waals surface area contributed by atoms with Crippen molar-refractivity contribution in [1.82, 2.24) is 24.6 Å². The zero-order valence-electron chi connectivity index (χ0n) is 22.0. The van der Waals surface area contributed by atoms with E-state index in [1.54, 1.807) is 34.9 Å². The summed E-state index contributed by atoms with van der Waals surface area (Å²) >= 11 is 5.98. The van der Waals surface area contributed by atoms with Gasteiger partial charge in [0, 0.05) is 6.42 Å². The van der Waals surface area contributed by atoms with Gasteiger partial charge in [0.2, 0.25) is 5.28 Å². The Balaban J connectivity index is 1.56. The predicted octanol–water partition coefficient (Wildman–Crippen LogP) is 3.48. The van der Waals surface area contributed by atoms with E-state index in [-0.39, 0.29) is 35.3 Å². The number of para-hydroxylation sites is 1. The number of hydrogen-bond donors (Lipinski definition) is 3. The second-order valence-electron chi connectivity index (χ2n) is 10.3. The Morgan fingerprint density at radius 1 is 1.33 bits per heavy atom. The van der Waals surface area contributed by atoms with Crippen LogP contribution in [0, 0.1) is 5.41 Å². The number of imidazole rings is 1. The van der Waals surface area contributed by atoms with Crippen molar-refractivity contribution in [2.45, 2.75) is 58.6 Å². The third-order valence-corrected chi connectivity index (χ3v) is 7.56. The number of esters is 1. The van der Waals surface area contributed by atoms with Gasteiger partial charge < -0.3 is 24.8 Å². The Morgan fingerprint density at radius 2 is 2.05 bits per heavy atom. The van der Waals surface area contributed by atoms with Crippen molar-refractivity contribution in [2.75, 3.05) is 18.9 Å². The van der Waals surface area contributed by atoms with Crippen LogP contribution in [0.2, 0.25) is 5.28 Å². The van der Waals surface area contributed by atoms with Gasteiger partial charge in [-0.25, -0.2) is 9.55 Å². The first-order chi connectivity index (χ1) is 18.4. The second-order valence-corrected chi connectivity index (χ2v) is 12.3. The van der Waals surface area contributed by atoms with E-state index in [4.69, 9.17) is 35.9 Å². The van der Waals surface area contributed by atoms with Crippen molar-refractivity contribution in [1.29, 1.82) is 0 Å². The van der Waals surface area contributed by atoms with E-state index < -0.39 is 44.8 Å². The highest BCUT2D eigenvalue weighted by atomic mass is 35.5. The van der Waals surface area contributed by atoms with Crippen LogP contribution in [-0.4, -0.2) is 62.1 Å². The molecule has 0 saturated carbocycles. The van der Waals surface area contributed by atoms with E-state index in [1.165, 1.54) is 13.3 Å². The number of rotatable bonds is 10. The molecule has 1 aliphatic heterocycles. The lowest BCUT2D eigenvalue weighted by Gasteiger charge is -2.27. The molecule has 1 aromatic carbocycles. The number of halogens is 1. The standard InChI is InChI=1S/C24H32ClN6O7P/c1-14(22(33)35-12-24(2,3)4)30-39(34,37-15-8-6-5-7-9-15)38-16-10-18(36-17(16)11-32)31-13-27-19-20(26)28-23(25)29-21(19)31/h5-9,13-14,16-18,32H,10-12H2,1-4H3,(H,30,34)(H2,26,28,29)/t14-,16+,17+,18+,39?/m0/s1. The molecule has 1 saturated heterocycles. The highest BCUT2D eigenvalue weighted by molar-refractivity contribution is 7.52. The molecule has 13 nitrogen and oxygen atoms in total. The van der Waals surface area contributed by atoms with Crippen LogP contribution in [0.1, 0.15) is 40.3 Å². The Morgan fingerprint density at radius 3 is 2.72 bits per heavy atom. The van der Waals surface area contributed by atoms with Crippen LogP contribution in [0.5, 0.6) is 5.75 Å². The SMILES string of the molecule is C[C@H](NP(=O)(Oc1ccccc1)O[C@@H]1C[C@H](n2cnc3c(N)nc(Cl)nc32)O[C@@H]1CO)C(=O)OCC(C)(C)C. The first-order valence-electron chi connectivity index (χ1n) is 12.3. The lowest BCUT2D eigenvalue weighted by atomic mass is 9.99. The van der Waals surface area contributed by atoms with Crippen LogP contribution >= 0.6 is 19.3 Å². The maximum atomic E-state index is 14.0. The van der Waals surface area contributed by atoms with Gasteiger partial charge in [0.05, 0.1) is 19.5 Å². The van der Waals surface area contributed by atoms with Crippen molar-refractivity contribution < 1.29 is 33.0 Å². The highest BCUT2D eigenvalue weighted by Crippen LogP contribution is 2.49. The zero-order chi connectivity index (χ0) is 28.4. The summed E-state index contributed by atoms with van der Waals surface area (Å²) in [5.74, 6) is -0.267. The summed E-state index contributed by atoms with van der Waals surface area (Å²) in [6, 6.07) is 7.34. The van der Waals surface area contributed by atoms with Gasteiger partial charge in [0.15, 0.2) is 11.5 Å². The van der Waals surface area contributed by atoms with Crippen molar-refractivity contribution in [3.8, 4) is 5.75 Å². The molecule has 2 aromatic heterocycles. The Bertz CT molecular complexity index is 1350. The molecule has 4 N–H and O–H groups in total. The number of fused-ring (bicyclic) bond motifs is 1. The normalized spacial score (nSPS) is 21.9. The smallest absolute Gasteiger partial charge is 0.459 e. The van der Waals surface area contributed by atoms with Gasteiger partial charge in [-0.15, -0.1) is 0 Å². The zero-order valence-corrected chi connectivity index (χ0v) is 23.6. The monoisotopic (exact) mass is 582 g/mol. The average Bonchev–Trinajstić information content (AvgIpc) is 3.46. The molecule has 3 aromatic rings. The maximum Gasteiger partial charge on any atom is 0.459 e. The van der Waals surface area contributed by atoms with Crippen LogP contribution in [0.4, 0.5) is 5.82 Å². The highest BCUT2D eigenvalue weighted by Gasteiger charge is 2.44. The molecule has 1 unspecified atom stereocenters. The largest absolute Gasteiger partial charge is 0.464 e. The molecule has 0 radical (unpaired) electrons. The van der Waals surface area contributed by atoms with E-state index in [9.17, 15) is 14.5 Å². The summed E-state index contributed by atoms with van der Waals surface area (Å²) in [4.78, 5) is 25.0. The van der Waals surface area contributed by atoms with E-state index in [2.05, 4.69) is 20.0 Å². The number of aliphatic hydroxyl groups is 1. The fourth-order valence-corrected chi connectivity index (χ4v) is 5.73. The number of hydrogen-bond acceptors (Lipinski definition) is 11. The van der Waals surface area contributed by atoms with Gasteiger partial charge in [0.25, 0.3) is 0 Å². The van der Waals surface area contributed by atoms with Crippen LogP contribution in [0.25, 0.3) is 11.2 Å². The van der Waals surface area contributed by atoms with Crippen molar-refractivity contribution >= 4 is 42.3 Å². The summed E-state index contributed by atoms with van der Waals surface area (Å²) in [5.41, 5.74) is 6.31. The minimum atomic E-state index is -4.22. The Labute approximate surface area is 230 Å². The first kappa shape index (κ1) is 29.2. The number of nitrogens with one attached hydrogen (secondary N) is 1. The lowest BCUT2D eigenvalue weighted by molar-refractivity contribution is -0.148. The minimum Gasteiger partial charge on any atom is -0.464 e. The number of nitrogens with two attached hydrogens (primary N) is 1. The number of ether oxygens (including phenoxy) is 2. The first-order valence-corrected chi connectivity index (χ1v) is 14.2. The maximum absolute atomic E-state index is 14.0. The number of benzene rings is 1. The van der Waals surface area contributed by atoms with Gasteiger partial charge in [-0.2, -0.15) is 15.1 Å². The Hall–Kier alpha value is -2.80.